The van der Waals surface area contributed by atoms with Crippen molar-refractivity contribution in [1.82, 2.24) is 4.98 Å². The van der Waals surface area contributed by atoms with Gasteiger partial charge in [0.1, 0.15) is 5.01 Å². The molecule has 4 nitrogen and oxygen atoms in total. The van der Waals surface area contributed by atoms with Gasteiger partial charge >= 0.3 is 0 Å². The molecule has 2 aromatic rings. The van der Waals surface area contributed by atoms with Gasteiger partial charge in [0.05, 0.1) is 29.4 Å². The van der Waals surface area contributed by atoms with Gasteiger partial charge in [-0.25, -0.2) is 4.98 Å². The maximum absolute atomic E-state index is 6.37. The highest BCUT2D eigenvalue weighted by Crippen LogP contribution is 2.40. The summed E-state index contributed by atoms with van der Waals surface area (Å²) >= 11 is 5.19. The van der Waals surface area contributed by atoms with Crippen molar-refractivity contribution in [2.24, 2.45) is 5.73 Å². The van der Waals surface area contributed by atoms with Crippen molar-refractivity contribution in [2.45, 2.75) is 26.3 Å². The van der Waals surface area contributed by atoms with E-state index >= 15 is 0 Å². The Kier molecular flexibility index (Phi) is 4.19. The van der Waals surface area contributed by atoms with Crippen LogP contribution in [0.4, 0.5) is 0 Å². The Bertz CT molecular complexity index is 652. The van der Waals surface area contributed by atoms with Gasteiger partial charge in [0.25, 0.3) is 0 Å². The molecule has 0 amide bonds. The predicted molar refractivity (Wildman–Crippen MR) is 87.4 cm³/mol. The molecule has 1 aromatic carbocycles. The summed E-state index contributed by atoms with van der Waals surface area (Å²) < 4.78 is 12.3. The lowest BCUT2D eigenvalue weighted by molar-refractivity contribution is 0.296. The number of hydrogen-bond acceptors (Lipinski definition) is 5. The number of nitrogens with zero attached hydrogens (tertiary/aromatic N) is 1. The molecule has 112 valence electrons. The van der Waals surface area contributed by atoms with Crippen molar-refractivity contribution >= 4 is 27.3 Å². The molecule has 1 unspecified atom stereocenters. The Balaban J connectivity index is 1.98. The third-order valence-electron chi connectivity index (χ3n) is 3.49. The molecule has 3 rings (SSSR count). The zero-order valence-electron chi connectivity index (χ0n) is 12.0. The average molecular weight is 369 g/mol. The third-order valence-corrected chi connectivity index (χ3v) is 5.24. The molecule has 0 bridgehead atoms. The molecular weight excluding hydrogens is 352 g/mol. The molecule has 0 saturated heterocycles. The number of aromatic nitrogens is 1. The van der Waals surface area contributed by atoms with E-state index in [-0.39, 0.29) is 6.04 Å². The topological polar surface area (TPSA) is 57.4 Å². The summed E-state index contributed by atoms with van der Waals surface area (Å²) in [7, 11) is 0. The van der Waals surface area contributed by atoms with E-state index in [4.69, 9.17) is 15.2 Å². The number of aryl methyl sites for hydroxylation is 2. The zero-order valence-corrected chi connectivity index (χ0v) is 14.4. The lowest BCUT2D eigenvalue weighted by atomic mass is 10.1. The fraction of sp³-hybridized carbons (Fsp3) is 0.400. The lowest BCUT2D eigenvalue weighted by Gasteiger charge is -2.15. The Morgan fingerprint density at radius 2 is 2.05 bits per heavy atom. The molecule has 6 heteroatoms. The molecule has 1 aromatic heterocycles. The first-order valence-corrected chi connectivity index (χ1v) is 8.45. The lowest BCUT2D eigenvalue weighted by Crippen LogP contribution is -2.12. The van der Waals surface area contributed by atoms with Gasteiger partial charge < -0.3 is 15.2 Å². The van der Waals surface area contributed by atoms with Crippen molar-refractivity contribution in [3.8, 4) is 11.5 Å². The molecular formula is C15H17BrN2O2S. The van der Waals surface area contributed by atoms with Gasteiger partial charge in [-0.2, -0.15) is 0 Å². The molecule has 2 N–H and O–H groups in total. The number of hydrogen-bond donors (Lipinski definition) is 1. The van der Waals surface area contributed by atoms with Crippen LogP contribution in [0.2, 0.25) is 0 Å². The summed E-state index contributed by atoms with van der Waals surface area (Å²) in [6, 6.07) is 3.70. The van der Waals surface area contributed by atoms with Gasteiger partial charge in [0.2, 0.25) is 0 Å². The van der Waals surface area contributed by atoms with E-state index in [1.807, 2.05) is 19.1 Å². The fourth-order valence-electron chi connectivity index (χ4n) is 2.20. The predicted octanol–water partition coefficient (Wildman–Crippen LogP) is 3.73. The summed E-state index contributed by atoms with van der Waals surface area (Å²) in [6.45, 7) is 5.40. The first-order valence-electron chi connectivity index (χ1n) is 6.85. The van der Waals surface area contributed by atoms with Crippen LogP contribution in [0.25, 0.3) is 0 Å². The molecule has 0 saturated carbocycles. The minimum absolute atomic E-state index is 0.254. The molecule has 0 fully saturated rings. The van der Waals surface area contributed by atoms with Gasteiger partial charge in [0.15, 0.2) is 11.5 Å². The van der Waals surface area contributed by atoms with E-state index in [0.717, 1.165) is 38.7 Å². The van der Waals surface area contributed by atoms with E-state index in [1.165, 1.54) is 4.88 Å². The summed E-state index contributed by atoms with van der Waals surface area (Å²) in [6.07, 6.45) is 0.882. The van der Waals surface area contributed by atoms with Crippen LogP contribution in [-0.2, 0) is 0 Å². The molecule has 0 aliphatic carbocycles. The van der Waals surface area contributed by atoms with Crippen molar-refractivity contribution in [3.05, 3.63) is 37.7 Å². The van der Waals surface area contributed by atoms with Crippen LogP contribution >= 0.6 is 27.3 Å². The molecule has 0 spiro atoms. The van der Waals surface area contributed by atoms with Crippen molar-refractivity contribution in [3.63, 3.8) is 0 Å². The first-order chi connectivity index (χ1) is 10.1. The average Bonchev–Trinajstić information content (AvgIpc) is 2.67. The zero-order chi connectivity index (χ0) is 15.0. The number of ether oxygens (including phenoxy) is 2. The highest BCUT2D eigenvalue weighted by Gasteiger charge is 2.20. The maximum atomic E-state index is 6.37. The molecule has 1 atom stereocenters. The second-order valence-electron chi connectivity index (χ2n) is 5.05. The highest BCUT2D eigenvalue weighted by molar-refractivity contribution is 9.10. The normalized spacial score (nSPS) is 15.6. The highest BCUT2D eigenvalue weighted by atomic mass is 79.9. The van der Waals surface area contributed by atoms with E-state index in [9.17, 15) is 0 Å². The Morgan fingerprint density at radius 3 is 2.76 bits per heavy atom. The summed E-state index contributed by atoms with van der Waals surface area (Å²) in [5.74, 6) is 1.51. The molecule has 1 aliphatic heterocycles. The molecule has 0 radical (unpaired) electrons. The van der Waals surface area contributed by atoms with Crippen molar-refractivity contribution in [1.29, 1.82) is 0 Å². The number of halogens is 1. The number of benzene rings is 1. The first kappa shape index (κ1) is 14.8. The maximum Gasteiger partial charge on any atom is 0.175 e. The summed E-state index contributed by atoms with van der Waals surface area (Å²) in [5, 5.41) is 0.923. The van der Waals surface area contributed by atoms with Crippen molar-refractivity contribution in [2.75, 3.05) is 13.2 Å². The summed E-state index contributed by atoms with van der Waals surface area (Å²) in [4.78, 5) is 5.76. The van der Waals surface area contributed by atoms with Gasteiger partial charge in [-0.1, -0.05) is 0 Å². The molecule has 2 heterocycles. The SMILES string of the molecule is Cc1nc(C(N)c2cc(Br)c3c(c2)OCCCO3)sc1C. The van der Waals surface area contributed by atoms with Crippen LogP contribution in [0, 0.1) is 13.8 Å². The monoisotopic (exact) mass is 368 g/mol. The standard InChI is InChI=1S/C15H17BrN2O2S/c1-8-9(2)21-15(18-8)13(17)10-6-11(16)14-12(7-10)19-4-3-5-20-14/h6-7,13H,3-5,17H2,1-2H3. The van der Waals surface area contributed by atoms with Crippen LogP contribution in [-0.4, -0.2) is 18.2 Å². The number of nitrogens with two attached hydrogens (primary N) is 1. The second kappa shape index (κ2) is 5.94. The Labute approximate surface area is 136 Å². The number of fused-ring (bicyclic) bond motifs is 1. The number of thiazole rings is 1. The third kappa shape index (κ3) is 2.93. The minimum atomic E-state index is -0.254. The van der Waals surface area contributed by atoms with Crippen LogP contribution in [0.1, 0.15) is 33.6 Å². The van der Waals surface area contributed by atoms with E-state index in [2.05, 4.69) is 27.8 Å². The second-order valence-corrected chi connectivity index (χ2v) is 7.14. The van der Waals surface area contributed by atoms with Crippen LogP contribution < -0.4 is 15.2 Å². The van der Waals surface area contributed by atoms with Crippen molar-refractivity contribution < 1.29 is 9.47 Å². The van der Waals surface area contributed by atoms with E-state index < -0.39 is 0 Å². The Hall–Kier alpha value is -1.11. The van der Waals surface area contributed by atoms with Gasteiger partial charge in [-0.3, -0.25) is 0 Å². The Morgan fingerprint density at radius 1 is 1.29 bits per heavy atom. The van der Waals surface area contributed by atoms with E-state index in [1.54, 1.807) is 11.3 Å². The smallest absolute Gasteiger partial charge is 0.175 e. The largest absolute Gasteiger partial charge is 0.490 e. The van der Waals surface area contributed by atoms with Gasteiger partial charge in [-0.15, -0.1) is 11.3 Å². The van der Waals surface area contributed by atoms with Crippen LogP contribution in [0.3, 0.4) is 0 Å². The number of rotatable bonds is 2. The molecule has 21 heavy (non-hydrogen) atoms. The quantitative estimate of drug-likeness (QED) is 0.877. The van der Waals surface area contributed by atoms with E-state index in [0.29, 0.717) is 13.2 Å². The molecule has 1 aliphatic rings. The van der Waals surface area contributed by atoms with Crippen LogP contribution in [0.5, 0.6) is 11.5 Å². The van der Waals surface area contributed by atoms with Gasteiger partial charge in [0, 0.05) is 11.3 Å². The van der Waals surface area contributed by atoms with Gasteiger partial charge in [-0.05, 0) is 47.5 Å². The van der Waals surface area contributed by atoms with Crippen LogP contribution in [0.15, 0.2) is 16.6 Å². The summed E-state index contributed by atoms with van der Waals surface area (Å²) in [5.41, 5.74) is 8.38. The fourth-order valence-corrected chi connectivity index (χ4v) is 3.73. The minimum Gasteiger partial charge on any atom is -0.490 e.